The Morgan fingerprint density at radius 2 is 2.00 bits per heavy atom. The number of amides is 2. The summed E-state index contributed by atoms with van der Waals surface area (Å²) >= 11 is 7.31. The highest BCUT2D eigenvalue weighted by Gasteiger charge is 2.44. The molecule has 9 nitrogen and oxygen atoms in total. The summed E-state index contributed by atoms with van der Waals surface area (Å²) in [5, 5.41) is 5.39. The third-order valence-corrected chi connectivity index (χ3v) is 6.83. The first-order valence-electron chi connectivity index (χ1n) is 10.8. The van der Waals surface area contributed by atoms with Gasteiger partial charge in [0.2, 0.25) is 11.7 Å². The minimum Gasteiger partial charge on any atom is -0.460 e. The first kappa shape index (κ1) is 24.8. The summed E-state index contributed by atoms with van der Waals surface area (Å²) in [6, 6.07) is 7.29. The molecule has 1 aliphatic rings. The summed E-state index contributed by atoms with van der Waals surface area (Å²) in [6.45, 7) is 1.19. The Morgan fingerprint density at radius 3 is 2.76 bits per heavy atom. The maximum Gasteiger partial charge on any atom is 0.374 e. The molecule has 4 aromatic rings. The van der Waals surface area contributed by atoms with E-state index in [0.717, 1.165) is 23.7 Å². The molecule has 0 spiro atoms. The highest BCUT2D eigenvalue weighted by Crippen LogP contribution is 2.39. The van der Waals surface area contributed by atoms with E-state index in [9.17, 15) is 23.2 Å². The molecular weight excluding hydrogens is 527 g/mol. The van der Waals surface area contributed by atoms with Crippen molar-refractivity contribution >= 4 is 64.7 Å². The van der Waals surface area contributed by atoms with E-state index >= 15 is 0 Å². The van der Waals surface area contributed by atoms with Gasteiger partial charge in [0.25, 0.3) is 5.91 Å². The second-order valence-corrected chi connectivity index (χ2v) is 9.26. The number of rotatable bonds is 5. The summed E-state index contributed by atoms with van der Waals surface area (Å²) in [7, 11) is 6.63. The quantitative estimate of drug-likeness (QED) is 0.296. The van der Waals surface area contributed by atoms with Crippen molar-refractivity contribution < 1.29 is 27.9 Å². The third kappa shape index (κ3) is 4.23. The van der Waals surface area contributed by atoms with Gasteiger partial charge < -0.3 is 19.9 Å². The van der Waals surface area contributed by atoms with E-state index in [2.05, 4.69) is 20.0 Å². The number of aromatic nitrogens is 3. The zero-order valence-corrected chi connectivity index (χ0v) is 20.5. The summed E-state index contributed by atoms with van der Waals surface area (Å²) in [5.41, 5.74) is -2.20. The number of nitrogens with zero attached hydrogens (tertiary/aromatic N) is 3. The van der Waals surface area contributed by atoms with Crippen molar-refractivity contribution in [2.45, 2.75) is 18.9 Å². The lowest BCUT2D eigenvalue weighted by atomic mass is 9.68. The molecule has 3 heterocycles. The number of fused-ring (bicyclic) bond motifs is 2. The molecule has 0 saturated heterocycles. The van der Waals surface area contributed by atoms with Crippen molar-refractivity contribution in [3.8, 4) is 0 Å². The van der Waals surface area contributed by atoms with Crippen LogP contribution in [0, 0.1) is 11.6 Å². The van der Waals surface area contributed by atoms with Crippen LogP contribution in [-0.4, -0.2) is 46.2 Å². The van der Waals surface area contributed by atoms with Crippen LogP contribution >= 0.6 is 23.1 Å². The van der Waals surface area contributed by atoms with Crippen molar-refractivity contribution in [1.82, 2.24) is 19.2 Å². The van der Waals surface area contributed by atoms with Gasteiger partial charge in [-0.1, -0.05) is 11.6 Å². The average molecular weight is 542 g/mol. The van der Waals surface area contributed by atoms with Gasteiger partial charge in [-0.25, -0.2) is 18.6 Å². The van der Waals surface area contributed by atoms with Crippen LogP contribution in [0.5, 0.6) is 0 Å². The Balaban J connectivity index is 1.69. The lowest BCUT2D eigenvalue weighted by Crippen LogP contribution is -2.54. The number of halogens is 3. The minimum atomic E-state index is -2.01. The Morgan fingerprint density at radius 1 is 1.27 bits per heavy atom. The summed E-state index contributed by atoms with van der Waals surface area (Å²) in [6.07, 6.45) is 0. The SMILES string of the molecule is [B]C1(c2cc(F)ccc2Cl)NC(=O)Cn2c(C(=O)OCC)nc(NC(=O)c3nsc4ccc(F)cc34)c21. The molecule has 1 aliphatic heterocycles. The molecule has 0 bridgehead atoms. The zero-order chi connectivity index (χ0) is 26.5. The smallest absolute Gasteiger partial charge is 0.374 e. The van der Waals surface area contributed by atoms with E-state index in [0.29, 0.717) is 4.70 Å². The first-order chi connectivity index (χ1) is 17.6. The summed E-state index contributed by atoms with van der Waals surface area (Å²) in [5.74, 6) is -4.09. The molecule has 0 aliphatic carbocycles. The van der Waals surface area contributed by atoms with Crippen LogP contribution in [-0.2, 0) is 21.5 Å². The number of nitrogens with one attached hydrogen (secondary N) is 2. The van der Waals surface area contributed by atoms with Crippen LogP contribution in [0.2, 0.25) is 5.02 Å². The molecule has 1 atom stereocenters. The normalized spacial score (nSPS) is 16.8. The average Bonchev–Trinajstić information content (AvgIpc) is 3.42. The standard InChI is InChI=1S/C23H15BClF2N5O4S/c1-2-36-22(35)20-28-19(29-21(34)17-12-7-10(26)4-6-15(12)37-31-17)18-23(24,30-16(33)9-32(18)20)13-8-11(27)3-5-14(13)25/h3-8H,2,9H2,1H3,(H,29,34)(H,30,33). The van der Waals surface area contributed by atoms with Crippen LogP contribution in [0.4, 0.5) is 14.6 Å². The number of hydrogen-bond donors (Lipinski definition) is 2. The summed E-state index contributed by atoms with van der Waals surface area (Å²) < 4.78 is 39.0. The molecule has 5 rings (SSSR count). The molecule has 2 aromatic heterocycles. The van der Waals surface area contributed by atoms with Crippen LogP contribution in [0.25, 0.3) is 10.1 Å². The van der Waals surface area contributed by atoms with E-state index in [-0.39, 0.29) is 45.6 Å². The van der Waals surface area contributed by atoms with Crippen LogP contribution in [0.1, 0.15) is 39.3 Å². The predicted octanol–water partition coefficient (Wildman–Crippen LogP) is 3.35. The molecule has 14 heteroatoms. The number of ether oxygens (including phenoxy) is 1. The maximum atomic E-state index is 14.2. The Kier molecular flexibility index (Phi) is 6.20. The summed E-state index contributed by atoms with van der Waals surface area (Å²) in [4.78, 5) is 42.9. The Hall–Kier alpha value is -3.84. The largest absolute Gasteiger partial charge is 0.460 e. The van der Waals surface area contributed by atoms with Crippen molar-refractivity contribution in [1.29, 1.82) is 0 Å². The van der Waals surface area contributed by atoms with E-state index in [1.165, 1.54) is 28.8 Å². The number of hydrogen-bond acceptors (Lipinski definition) is 7. The number of carbonyl (C=O) groups excluding carboxylic acids is 3. The van der Waals surface area contributed by atoms with Crippen molar-refractivity contribution in [2.24, 2.45) is 0 Å². The number of benzene rings is 2. The molecule has 2 amide bonds. The molecule has 2 radical (unpaired) electrons. The number of imidazole rings is 1. The predicted molar refractivity (Wildman–Crippen MR) is 132 cm³/mol. The molecule has 2 aromatic carbocycles. The van der Waals surface area contributed by atoms with Crippen LogP contribution < -0.4 is 10.6 Å². The molecule has 186 valence electrons. The maximum absolute atomic E-state index is 14.2. The second-order valence-electron chi connectivity index (χ2n) is 8.05. The van der Waals surface area contributed by atoms with Gasteiger partial charge in [0.15, 0.2) is 5.82 Å². The van der Waals surface area contributed by atoms with E-state index in [1.807, 2.05) is 0 Å². The molecular formula is C23H15BClF2N5O4S. The number of esters is 1. The molecule has 2 N–H and O–H groups in total. The first-order valence-corrected chi connectivity index (χ1v) is 12.0. The van der Waals surface area contributed by atoms with Gasteiger partial charge in [0, 0.05) is 10.4 Å². The van der Waals surface area contributed by atoms with E-state index < -0.39 is 41.4 Å². The van der Waals surface area contributed by atoms with Gasteiger partial charge in [-0.2, -0.15) is 4.37 Å². The molecule has 0 saturated carbocycles. The minimum absolute atomic E-state index is 0.00872. The second kappa shape index (κ2) is 9.23. The molecule has 37 heavy (non-hydrogen) atoms. The van der Waals surface area contributed by atoms with Gasteiger partial charge in [0.1, 0.15) is 31.7 Å². The molecule has 0 fully saturated rings. The Bertz CT molecular complexity index is 1610. The van der Waals surface area contributed by atoms with E-state index in [4.69, 9.17) is 24.2 Å². The van der Waals surface area contributed by atoms with Crippen molar-refractivity contribution in [3.63, 3.8) is 0 Å². The fraction of sp³-hybridized carbons (Fsp3) is 0.174. The Labute approximate surface area is 218 Å². The van der Waals surface area contributed by atoms with Gasteiger partial charge in [-0.15, -0.1) is 0 Å². The van der Waals surface area contributed by atoms with Crippen LogP contribution in [0.3, 0.4) is 0 Å². The van der Waals surface area contributed by atoms with Crippen molar-refractivity contribution in [2.75, 3.05) is 11.9 Å². The monoisotopic (exact) mass is 541 g/mol. The topological polar surface area (TPSA) is 115 Å². The van der Waals surface area contributed by atoms with Crippen LogP contribution in [0.15, 0.2) is 36.4 Å². The fourth-order valence-corrected chi connectivity index (χ4v) is 5.16. The van der Waals surface area contributed by atoms with Crippen molar-refractivity contribution in [3.05, 3.63) is 75.8 Å². The van der Waals surface area contributed by atoms with E-state index in [1.54, 1.807) is 6.92 Å². The molecule has 1 unspecified atom stereocenters. The number of anilines is 1. The van der Waals surface area contributed by atoms with Gasteiger partial charge in [-0.3, -0.25) is 9.59 Å². The zero-order valence-electron chi connectivity index (χ0n) is 19.0. The van der Waals surface area contributed by atoms with Gasteiger partial charge in [-0.05, 0) is 60.4 Å². The third-order valence-electron chi connectivity index (χ3n) is 5.67. The highest BCUT2D eigenvalue weighted by molar-refractivity contribution is 7.13. The number of carbonyl (C=O) groups is 3. The fourth-order valence-electron chi connectivity index (χ4n) is 4.14. The highest BCUT2D eigenvalue weighted by atomic mass is 35.5. The lowest BCUT2D eigenvalue weighted by Gasteiger charge is -2.38. The van der Waals surface area contributed by atoms with Gasteiger partial charge >= 0.3 is 5.97 Å². The lowest BCUT2D eigenvalue weighted by molar-refractivity contribution is -0.123. The van der Waals surface area contributed by atoms with Gasteiger partial charge in [0.05, 0.1) is 22.4 Å².